The maximum atomic E-state index is 12.0. The average Bonchev–Trinajstić information content (AvgIpc) is 3.92. The van der Waals surface area contributed by atoms with Crippen LogP contribution in [0.25, 0.3) is 44.3 Å². The van der Waals surface area contributed by atoms with Gasteiger partial charge in [0.25, 0.3) is 5.69 Å². The van der Waals surface area contributed by atoms with E-state index < -0.39 is 0 Å². The van der Waals surface area contributed by atoms with Crippen LogP contribution in [0.4, 0.5) is 46.0 Å². The summed E-state index contributed by atoms with van der Waals surface area (Å²) in [5, 5.41) is 20.7. The van der Waals surface area contributed by atoms with Gasteiger partial charge in [0.05, 0.1) is 53.3 Å². The van der Waals surface area contributed by atoms with Gasteiger partial charge in [-0.25, -0.2) is 19.9 Å². The van der Waals surface area contributed by atoms with Crippen molar-refractivity contribution in [3.05, 3.63) is 120 Å². The van der Waals surface area contributed by atoms with Gasteiger partial charge in [0.15, 0.2) is 0 Å². The molecule has 0 bridgehead atoms. The Morgan fingerprint density at radius 1 is 0.625 bits per heavy atom. The van der Waals surface area contributed by atoms with Crippen LogP contribution in [-0.4, -0.2) is 124 Å². The average molecular weight is 977 g/mol. The summed E-state index contributed by atoms with van der Waals surface area (Å²) >= 11 is 0. The highest BCUT2D eigenvalue weighted by molar-refractivity contribution is 5.96. The highest BCUT2D eigenvalue weighted by Crippen LogP contribution is 2.40. The Kier molecular flexibility index (Phi) is 17.1. The summed E-state index contributed by atoms with van der Waals surface area (Å²) in [6.45, 7) is 15.8. The molecule has 8 rings (SSSR count). The molecule has 0 saturated heterocycles. The summed E-state index contributed by atoms with van der Waals surface area (Å²) in [4.78, 5) is 38.6. The van der Waals surface area contributed by atoms with Gasteiger partial charge in [0.2, 0.25) is 11.9 Å². The minimum Gasteiger partial charge on any atom is -0.494 e. The largest absolute Gasteiger partial charge is 0.494 e. The number of rotatable bonds is 21. The number of aryl methyl sites for hydroxylation is 2. The first-order valence-electron chi connectivity index (χ1n) is 24.3. The molecule has 0 amide bonds. The van der Waals surface area contributed by atoms with Crippen molar-refractivity contribution in [1.82, 2.24) is 38.9 Å². The molecule has 0 unspecified atom stereocenters. The third-order valence-corrected chi connectivity index (χ3v) is 13.1. The fourth-order valence-electron chi connectivity index (χ4n) is 8.83. The first-order chi connectivity index (χ1) is 34.8. The van der Waals surface area contributed by atoms with E-state index in [4.69, 9.17) is 25.2 Å². The molecule has 0 aliphatic carbocycles. The monoisotopic (exact) mass is 977 g/mol. The number of fused-ring (bicyclic) bond motifs is 2. The molecule has 4 heterocycles. The van der Waals surface area contributed by atoms with Crippen molar-refractivity contribution in [2.45, 2.75) is 27.7 Å². The van der Waals surface area contributed by atoms with Gasteiger partial charge in [-0.1, -0.05) is 64.1 Å². The second kappa shape index (κ2) is 23.8. The quantitative estimate of drug-likeness (QED) is 0.0351. The molecular weight excluding hydrogens is 909 g/mol. The zero-order valence-electron chi connectivity index (χ0n) is 43.2. The minimum atomic E-state index is -0.374. The molecule has 0 fully saturated rings. The maximum absolute atomic E-state index is 12.0. The highest BCUT2D eigenvalue weighted by Gasteiger charge is 2.23. The lowest BCUT2D eigenvalue weighted by atomic mass is 10.1. The van der Waals surface area contributed by atoms with E-state index in [0.717, 1.165) is 102 Å². The van der Waals surface area contributed by atoms with Crippen LogP contribution in [0.3, 0.4) is 0 Å². The predicted molar refractivity (Wildman–Crippen MR) is 294 cm³/mol. The van der Waals surface area contributed by atoms with Gasteiger partial charge in [-0.05, 0) is 56.5 Å². The first-order valence-corrected chi connectivity index (χ1v) is 24.3. The zero-order valence-corrected chi connectivity index (χ0v) is 43.2. The lowest BCUT2D eigenvalue weighted by Gasteiger charge is -2.26. The van der Waals surface area contributed by atoms with Crippen LogP contribution in [0.5, 0.6) is 11.5 Å². The van der Waals surface area contributed by atoms with Gasteiger partial charge >= 0.3 is 0 Å². The third kappa shape index (κ3) is 11.8. The number of nitro groups is 1. The van der Waals surface area contributed by atoms with Gasteiger partial charge < -0.3 is 54.6 Å². The summed E-state index contributed by atoms with van der Waals surface area (Å²) in [6.07, 6.45) is 7.56. The molecule has 0 radical (unpaired) electrons. The van der Waals surface area contributed by atoms with Crippen LogP contribution >= 0.6 is 0 Å². The van der Waals surface area contributed by atoms with Crippen molar-refractivity contribution in [3.8, 4) is 34.0 Å². The van der Waals surface area contributed by atoms with Crippen LogP contribution in [0.1, 0.15) is 27.7 Å². The maximum Gasteiger partial charge on any atom is 0.294 e. The fraction of sp³-hybridized carbons (Fsp3) is 0.333. The molecule has 378 valence electrons. The Morgan fingerprint density at radius 2 is 1.06 bits per heavy atom. The van der Waals surface area contributed by atoms with E-state index in [1.807, 2.05) is 80.8 Å². The lowest BCUT2D eigenvalue weighted by Crippen LogP contribution is -2.33. The molecule has 0 aliphatic heterocycles. The number of likely N-dealkylation sites (N-methyl/N-ethyl adjacent to an activating group) is 4. The van der Waals surface area contributed by atoms with E-state index in [1.54, 1.807) is 32.7 Å². The normalized spacial score (nSPS) is 11.2. The van der Waals surface area contributed by atoms with Gasteiger partial charge in [-0.2, -0.15) is 0 Å². The number of anilines is 7. The zero-order chi connectivity index (χ0) is 51.5. The van der Waals surface area contributed by atoms with Crippen molar-refractivity contribution in [1.29, 1.82) is 0 Å². The molecular formula is C54H68N14O4. The molecule has 8 aromatic rings. The molecule has 0 saturated carbocycles. The van der Waals surface area contributed by atoms with Gasteiger partial charge in [-0.3, -0.25) is 10.1 Å². The van der Waals surface area contributed by atoms with Crippen LogP contribution in [-0.2, 0) is 14.1 Å². The second-order valence-electron chi connectivity index (χ2n) is 17.4. The molecule has 0 spiro atoms. The molecule has 18 heteroatoms. The first kappa shape index (κ1) is 51.9. The summed E-state index contributed by atoms with van der Waals surface area (Å²) in [6, 6.07) is 27.2. The van der Waals surface area contributed by atoms with Crippen molar-refractivity contribution in [3.63, 3.8) is 0 Å². The van der Waals surface area contributed by atoms with E-state index >= 15 is 0 Å². The van der Waals surface area contributed by atoms with Gasteiger partial charge in [0.1, 0.15) is 17.2 Å². The molecule has 18 nitrogen and oxygen atoms in total. The summed E-state index contributed by atoms with van der Waals surface area (Å²) in [5.74, 6) is 1.95. The summed E-state index contributed by atoms with van der Waals surface area (Å²) < 4.78 is 15.5. The molecule has 4 aromatic heterocycles. The number of nitro benzene ring substituents is 1. The Hall–Kier alpha value is -7.96. The van der Waals surface area contributed by atoms with E-state index in [0.29, 0.717) is 47.0 Å². The van der Waals surface area contributed by atoms with Crippen molar-refractivity contribution < 1.29 is 14.4 Å². The van der Waals surface area contributed by atoms with Gasteiger partial charge in [-0.15, -0.1) is 0 Å². The van der Waals surface area contributed by atoms with Crippen LogP contribution in [0.2, 0.25) is 0 Å². The number of hydrogen-bond acceptors (Lipinski definition) is 15. The summed E-state index contributed by atoms with van der Waals surface area (Å²) in [5.41, 5.74) is 15.6. The lowest BCUT2D eigenvalue weighted by molar-refractivity contribution is -0.384. The Morgan fingerprint density at radius 3 is 1.50 bits per heavy atom. The van der Waals surface area contributed by atoms with Crippen molar-refractivity contribution in [2.24, 2.45) is 14.1 Å². The number of nitrogen functional groups attached to an aromatic ring is 1. The standard InChI is InChI=1S/C27H33N7O3.C27H35N7O/c1-6-33(7-2)15-14-31(3)24-17-26(37-5)22(16-25(24)34(35)36)30-27-28-13-12-21(29-27)20-18-32(4)23-11-9-8-10-19(20)23;1-6-34(7-2)15-14-32(3)25-17-26(35-5)23(16-21(25)28)31-27-29-13-12-22(30-27)20-18-33(4)24-11-9-8-10-19(20)24/h8-13,16-18H,6-7,14-15H2,1-5H3,(H,28,29,30);8-13,16-18H,6-7,14-15,28H2,1-5H3,(H,29,30,31). The Balaban J connectivity index is 0.000000212. The molecule has 4 aromatic carbocycles. The third-order valence-electron chi connectivity index (χ3n) is 13.1. The number of nitrogens with one attached hydrogen (secondary N) is 2. The topological polar surface area (TPSA) is 186 Å². The number of para-hydroxylation sites is 2. The summed E-state index contributed by atoms with van der Waals surface area (Å²) in [7, 11) is 11.1. The minimum absolute atomic E-state index is 0.0180. The van der Waals surface area contributed by atoms with Crippen LogP contribution in [0, 0.1) is 10.1 Å². The Labute approximate surface area is 422 Å². The highest BCUT2D eigenvalue weighted by atomic mass is 16.6. The van der Waals surface area contributed by atoms with Crippen LogP contribution < -0.4 is 35.6 Å². The number of methoxy groups -OCH3 is 2. The molecule has 0 atom stereocenters. The van der Waals surface area contributed by atoms with Gasteiger partial charge in [0, 0.05) is 130 Å². The number of aromatic nitrogens is 6. The van der Waals surface area contributed by atoms with Crippen LogP contribution in [0.15, 0.2) is 110 Å². The second-order valence-corrected chi connectivity index (χ2v) is 17.4. The SMILES string of the molecule is CCN(CC)CCN(C)c1cc(OC)c(Nc2nccc(-c3cn(C)c4ccccc34)n2)cc1N.CCN(CC)CCN(C)c1cc(OC)c(Nc2nccc(-c3cn(C)c4ccccc34)n2)cc1[N+](=O)[O-]. The Bertz CT molecular complexity index is 3110. The number of nitrogens with two attached hydrogens (primary N) is 1. The number of benzene rings is 4. The number of hydrogen-bond donors (Lipinski definition) is 3. The van der Waals surface area contributed by atoms with Crippen molar-refractivity contribution in [2.75, 3.05) is 107 Å². The van der Waals surface area contributed by atoms with E-state index in [2.05, 4.69) is 110 Å². The van der Waals surface area contributed by atoms with Crippen molar-refractivity contribution >= 4 is 67.8 Å². The smallest absolute Gasteiger partial charge is 0.294 e. The van der Waals surface area contributed by atoms with E-state index in [1.165, 1.54) is 6.07 Å². The van der Waals surface area contributed by atoms with E-state index in [-0.39, 0.29) is 10.6 Å². The number of ether oxygens (including phenoxy) is 2. The number of nitrogens with zero attached hydrogens (tertiary/aromatic N) is 11. The molecule has 72 heavy (non-hydrogen) atoms. The molecule has 0 aliphatic rings. The fourth-order valence-corrected chi connectivity index (χ4v) is 8.83. The molecule has 4 N–H and O–H groups in total. The van der Waals surface area contributed by atoms with E-state index in [9.17, 15) is 10.1 Å². The predicted octanol–water partition coefficient (Wildman–Crippen LogP) is 9.82.